The molecule has 0 unspecified atom stereocenters. The van der Waals surface area contributed by atoms with E-state index in [0.29, 0.717) is 24.7 Å². The standard InChI is InChI=1S/C23H30N4O2.HI/c1-4-24-23(26-19-10-13-21(28-3)22(16-19)29-5-2)25-17-18-8-11-20(12-9-18)27-14-6-7-15-27;/h6-13,16H,4-5,14-15,17H2,1-3H3,(H2,24,25,26);1H. The van der Waals surface area contributed by atoms with Crippen LogP contribution in [0.3, 0.4) is 0 Å². The average Bonchev–Trinajstić information content (AvgIpc) is 3.28. The summed E-state index contributed by atoms with van der Waals surface area (Å²) in [5.41, 5.74) is 3.31. The summed E-state index contributed by atoms with van der Waals surface area (Å²) in [6.45, 7) is 7.93. The molecular formula is C23H31IN4O2. The number of aliphatic imine (C=N–C) groups is 1. The highest BCUT2D eigenvalue weighted by Crippen LogP contribution is 2.30. The van der Waals surface area contributed by atoms with Gasteiger partial charge in [-0.05, 0) is 43.7 Å². The molecule has 2 aromatic carbocycles. The van der Waals surface area contributed by atoms with E-state index in [4.69, 9.17) is 14.5 Å². The summed E-state index contributed by atoms with van der Waals surface area (Å²) < 4.78 is 11.0. The SMILES string of the molecule is CCNC(=NCc1ccc(N2CC=CC2)cc1)Nc1ccc(OC)c(OCC)c1.I. The Bertz CT molecular complexity index is 845. The fraction of sp³-hybridized carbons (Fsp3) is 0.348. The number of guanidine groups is 1. The first-order valence-corrected chi connectivity index (χ1v) is 10.1. The molecule has 0 aromatic heterocycles. The number of hydrogen-bond acceptors (Lipinski definition) is 4. The molecule has 6 nitrogen and oxygen atoms in total. The van der Waals surface area contributed by atoms with E-state index in [1.165, 1.54) is 11.3 Å². The third-order valence-corrected chi connectivity index (χ3v) is 4.61. The highest BCUT2D eigenvalue weighted by Gasteiger charge is 2.08. The first-order valence-electron chi connectivity index (χ1n) is 10.1. The Labute approximate surface area is 196 Å². The number of nitrogens with one attached hydrogen (secondary N) is 2. The van der Waals surface area contributed by atoms with Crippen LogP contribution in [0.25, 0.3) is 0 Å². The summed E-state index contributed by atoms with van der Waals surface area (Å²) in [5.74, 6) is 2.16. The molecule has 0 amide bonds. The number of hydrogen-bond donors (Lipinski definition) is 2. The van der Waals surface area contributed by atoms with E-state index in [9.17, 15) is 0 Å². The number of nitrogens with zero attached hydrogens (tertiary/aromatic N) is 2. The Morgan fingerprint density at radius 3 is 2.40 bits per heavy atom. The topological polar surface area (TPSA) is 58.1 Å². The summed E-state index contributed by atoms with van der Waals surface area (Å²) in [6.07, 6.45) is 4.39. The lowest BCUT2D eigenvalue weighted by Crippen LogP contribution is -2.30. The van der Waals surface area contributed by atoms with Gasteiger partial charge in [-0.1, -0.05) is 24.3 Å². The zero-order chi connectivity index (χ0) is 20.5. The lowest BCUT2D eigenvalue weighted by Gasteiger charge is -2.17. The molecule has 0 spiro atoms. The summed E-state index contributed by atoms with van der Waals surface area (Å²) in [7, 11) is 1.64. The monoisotopic (exact) mass is 522 g/mol. The molecule has 1 aliphatic rings. The molecule has 30 heavy (non-hydrogen) atoms. The van der Waals surface area contributed by atoms with E-state index in [1.54, 1.807) is 7.11 Å². The highest BCUT2D eigenvalue weighted by atomic mass is 127. The van der Waals surface area contributed by atoms with Crippen LogP contribution in [0.2, 0.25) is 0 Å². The molecule has 0 aliphatic carbocycles. The molecule has 2 N–H and O–H groups in total. The third kappa shape index (κ3) is 6.55. The Morgan fingerprint density at radius 1 is 1.03 bits per heavy atom. The minimum Gasteiger partial charge on any atom is -0.493 e. The minimum atomic E-state index is 0. The number of rotatable bonds is 8. The van der Waals surface area contributed by atoms with Crippen LogP contribution in [0, 0.1) is 0 Å². The first kappa shape index (κ1) is 23.9. The van der Waals surface area contributed by atoms with Gasteiger partial charge >= 0.3 is 0 Å². The Kier molecular flexibility index (Phi) is 9.79. The number of benzene rings is 2. The van der Waals surface area contributed by atoms with Crippen LogP contribution in [-0.4, -0.2) is 39.3 Å². The van der Waals surface area contributed by atoms with Gasteiger partial charge in [0.2, 0.25) is 0 Å². The van der Waals surface area contributed by atoms with Gasteiger partial charge in [-0.25, -0.2) is 4.99 Å². The zero-order valence-electron chi connectivity index (χ0n) is 17.9. The Hall–Kier alpha value is -2.42. The largest absolute Gasteiger partial charge is 0.493 e. The number of ether oxygens (including phenoxy) is 2. The molecule has 0 bridgehead atoms. The van der Waals surface area contributed by atoms with E-state index in [-0.39, 0.29) is 24.0 Å². The maximum absolute atomic E-state index is 5.66. The van der Waals surface area contributed by atoms with Crippen LogP contribution in [0.15, 0.2) is 59.6 Å². The quantitative estimate of drug-likeness (QED) is 0.229. The zero-order valence-corrected chi connectivity index (χ0v) is 20.2. The van der Waals surface area contributed by atoms with Gasteiger partial charge in [-0.2, -0.15) is 0 Å². The van der Waals surface area contributed by atoms with Gasteiger partial charge in [0.25, 0.3) is 0 Å². The second-order valence-electron chi connectivity index (χ2n) is 6.66. The molecule has 7 heteroatoms. The van der Waals surface area contributed by atoms with Crippen molar-refractivity contribution in [1.82, 2.24) is 5.32 Å². The van der Waals surface area contributed by atoms with E-state index >= 15 is 0 Å². The van der Waals surface area contributed by atoms with Crippen molar-refractivity contribution in [2.45, 2.75) is 20.4 Å². The molecular weight excluding hydrogens is 491 g/mol. The molecule has 2 aromatic rings. The third-order valence-electron chi connectivity index (χ3n) is 4.61. The summed E-state index contributed by atoms with van der Waals surface area (Å²) in [5, 5.41) is 6.63. The average molecular weight is 522 g/mol. The number of anilines is 2. The molecule has 1 aliphatic heterocycles. The van der Waals surface area contributed by atoms with Crippen molar-refractivity contribution in [3.05, 3.63) is 60.2 Å². The highest BCUT2D eigenvalue weighted by molar-refractivity contribution is 14.0. The van der Waals surface area contributed by atoms with Crippen molar-refractivity contribution in [2.24, 2.45) is 4.99 Å². The molecule has 0 saturated heterocycles. The minimum absolute atomic E-state index is 0. The van der Waals surface area contributed by atoms with Gasteiger partial charge in [-0.15, -0.1) is 24.0 Å². The molecule has 3 rings (SSSR count). The van der Waals surface area contributed by atoms with Crippen molar-refractivity contribution in [3.8, 4) is 11.5 Å². The molecule has 0 atom stereocenters. The summed E-state index contributed by atoms with van der Waals surface area (Å²) in [4.78, 5) is 7.05. The van der Waals surface area contributed by atoms with Gasteiger partial charge < -0.3 is 25.0 Å². The van der Waals surface area contributed by atoms with E-state index in [1.807, 2.05) is 25.1 Å². The smallest absolute Gasteiger partial charge is 0.196 e. The van der Waals surface area contributed by atoms with Crippen LogP contribution in [0.5, 0.6) is 11.5 Å². The van der Waals surface area contributed by atoms with E-state index in [0.717, 1.165) is 31.3 Å². The summed E-state index contributed by atoms with van der Waals surface area (Å²) >= 11 is 0. The van der Waals surface area contributed by atoms with Gasteiger partial charge in [0, 0.05) is 37.1 Å². The number of halogens is 1. The van der Waals surface area contributed by atoms with Crippen LogP contribution in [0.4, 0.5) is 11.4 Å². The van der Waals surface area contributed by atoms with Crippen LogP contribution >= 0.6 is 24.0 Å². The van der Waals surface area contributed by atoms with Gasteiger partial charge in [0.15, 0.2) is 17.5 Å². The van der Waals surface area contributed by atoms with Gasteiger partial charge in [-0.3, -0.25) is 0 Å². The van der Waals surface area contributed by atoms with E-state index in [2.05, 4.69) is 58.9 Å². The first-order chi connectivity index (χ1) is 14.2. The fourth-order valence-electron chi connectivity index (χ4n) is 3.14. The second-order valence-corrected chi connectivity index (χ2v) is 6.66. The molecule has 0 saturated carbocycles. The van der Waals surface area contributed by atoms with Crippen LogP contribution in [0.1, 0.15) is 19.4 Å². The van der Waals surface area contributed by atoms with Crippen LogP contribution in [-0.2, 0) is 6.54 Å². The fourth-order valence-corrected chi connectivity index (χ4v) is 3.14. The Balaban J connectivity index is 0.00000320. The predicted octanol–water partition coefficient (Wildman–Crippen LogP) is 4.67. The van der Waals surface area contributed by atoms with Crippen LogP contribution < -0.4 is 25.0 Å². The van der Waals surface area contributed by atoms with Crippen molar-refractivity contribution in [2.75, 3.05) is 43.6 Å². The molecule has 0 radical (unpaired) electrons. The summed E-state index contributed by atoms with van der Waals surface area (Å²) in [6, 6.07) is 14.4. The van der Waals surface area contributed by atoms with Crippen molar-refractivity contribution >= 4 is 41.3 Å². The Morgan fingerprint density at radius 2 is 1.77 bits per heavy atom. The van der Waals surface area contributed by atoms with Crippen molar-refractivity contribution < 1.29 is 9.47 Å². The molecule has 162 valence electrons. The normalized spacial score (nSPS) is 13.0. The van der Waals surface area contributed by atoms with E-state index < -0.39 is 0 Å². The maximum atomic E-state index is 5.66. The lowest BCUT2D eigenvalue weighted by atomic mass is 10.2. The van der Waals surface area contributed by atoms with Gasteiger partial charge in [0.05, 0.1) is 20.3 Å². The van der Waals surface area contributed by atoms with Crippen molar-refractivity contribution in [1.29, 1.82) is 0 Å². The lowest BCUT2D eigenvalue weighted by molar-refractivity contribution is 0.311. The maximum Gasteiger partial charge on any atom is 0.196 e. The number of methoxy groups -OCH3 is 1. The van der Waals surface area contributed by atoms with Gasteiger partial charge in [0.1, 0.15) is 0 Å². The molecule has 0 fully saturated rings. The predicted molar refractivity (Wildman–Crippen MR) is 136 cm³/mol. The molecule has 1 heterocycles. The van der Waals surface area contributed by atoms with Crippen molar-refractivity contribution in [3.63, 3.8) is 0 Å². The second kappa shape index (κ2) is 12.3.